The molecule has 1 N–H and O–H groups in total. The summed E-state index contributed by atoms with van der Waals surface area (Å²) in [5.74, 6) is 0.187. The molecule has 1 fully saturated rings. The quantitative estimate of drug-likeness (QED) is 0.802. The molecule has 1 amide bonds. The van der Waals surface area contributed by atoms with E-state index in [4.69, 9.17) is 0 Å². The van der Waals surface area contributed by atoms with Crippen molar-refractivity contribution in [3.63, 3.8) is 0 Å². The Bertz CT molecular complexity index is 369. The van der Waals surface area contributed by atoms with Gasteiger partial charge in [-0.1, -0.05) is 0 Å². The molecule has 0 aliphatic carbocycles. The molecule has 1 aromatic heterocycles. The van der Waals surface area contributed by atoms with Crippen LogP contribution in [0, 0.1) is 0 Å². The molecular weight excluding hydrogens is 188 g/mol. The van der Waals surface area contributed by atoms with Crippen molar-refractivity contribution in [2.24, 2.45) is 0 Å². The predicted molar refractivity (Wildman–Crippen MR) is 59.6 cm³/mol. The molecule has 1 aliphatic heterocycles. The predicted octanol–water partition coefficient (Wildman–Crippen LogP) is 1.72. The molecular formula is C12H18N2O. The van der Waals surface area contributed by atoms with Crippen LogP contribution in [0.3, 0.4) is 0 Å². The van der Waals surface area contributed by atoms with Crippen LogP contribution in [0.15, 0.2) is 18.5 Å². The maximum Gasteiger partial charge on any atom is 0.220 e. The summed E-state index contributed by atoms with van der Waals surface area (Å²) in [4.78, 5) is 11.2. The fourth-order valence-electron chi connectivity index (χ4n) is 2.23. The molecule has 0 saturated carbocycles. The van der Waals surface area contributed by atoms with E-state index in [0.717, 1.165) is 19.4 Å². The van der Waals surface area contributed by atoms with Crippen LogP contribution in [-0.4, -0.2) is 16.0 Å². The fourth-order valence-corrected chi connectivity index (χ4v) is 2.23. The van der Waals surface area contributed by atoms with E-state index in [-0.39, 0.29) is 11.4 Å². The standard InChI is InChI=1S/C12H18N2O/c1-3-14-7-5-10(9-14)8-12(2)6-4-11(15)13-12/h5,7,9H,3-4,6,8H2,1-2H3,(H,13,15). The highest BCUT2D eigenvalue weighted by atomic mass is 16.2. The lowest BCUT2D eigenvalue weighted by atomic mass is 9.93. The molecule has 3 nitrogen and oxygen atoms in total. The fraction of sp³-hybridized carbons (Fsp3) is 0.583. The van der Waals surface area contributed by atoms with Gasteiger partial charge < -0.3 is 9.88 Å². The molecule has 1 aliphatic rings. The summed E-state index contributed by atoms with van der Waals surface area (Å²) in [5.41, 5.74) is 1.28. The zero-order valence-electron chi connectivity index (χ0n) is 9.42. The van der Waals surface area contributed by atoms with E-state index >= 15 is 0 Å². The first-order chi connectivity index (χ1) is 7.11. The average Bonchev–Trinajstić information content (AvgIpc) is 2.74. The molecule has 1 unspecified atom stereocenters. The van der Waals surface area contributed by atoms with Gasteiger partial charge in [-0.25, -0.2) is 0 Å². The number of amides is 1. The van der Waals surface area contributed by atoms with Gasteiger partial charge in [-0.3, -0.25) is 4.79 Å². The van der Waals surface area contributed by atoms with Gasteiger partial charge in [0.1, 0.15) is 0 Å². The molecule has 2 heterocycles. The number of nitrogens with zero attached hydrogens (tertiary/aromatic N) is 1. The van der Waals surface area contributed by atoms with Crippen molar-refractivity contribution in [1.29, 1.82) is 0 Å². The summed E-state index contributed by atoms with van der Waals surface area (Å²) >= 11 is 0. The van der Waals surface area contributed by atoms with Gasteiger partial charge in [0.05, 0.1) is 0 Å². The summed E-state index contributed by atoms with van der Waals surface area (Å²) < 4.78 is 2.16. The second-order valence-corrected chi connectivity index (χ2v) is 4.64. The van der Waals surface area contributed by atoms with Crippen molar-refractivity contribution < 1.29 is 4.79 Å². The number of hydrogen-bond donors (Lipinski definition) is 1. The molecule has 0 radical (unpaired) electrons. The Hall–Kier alpha value is -1.25. The maximum absolute atomic E-state index is 11.2. The summed E-state index contributed by atoms with van der Waals surface area (Å²) in [6.07, 6.45) is 6.81. The van der Waals surface area contributed by atoms with Crippen LogP contribution in [0.4, 0.5) is 0 Å². The van der Waals surface area contributed by atoms with Crippen LogP contribution in [-0.2, 0) is 17.8 Å². The number of nitrogens with one attached hydrogen (secondary N) is 1. The average molecular weight is 206 g/mol. The summed E-state index contributed by atoms with van der Waals surface area (Å²) in [5, 5.41) is 3.06. The van der Waals surface area contributed by atoms with Crippen LogP contribution in [0.2, 0.25) is 0 Å². The topological polar surface area (TPSA) is 34.0 Å². The zero-order chi connectivity index (χ0) is 10.9. The third-order valence-corrected chi connectivity index (χ3v) is 3.12. The van der Waals surface area contributed by atoms with Gasteiger partial charge >= 0.3 is 0 Å². The van der Waals surface area contributed by atoms with Crippen molar-refractivity contribution in [1.82, 2.24) is 9.88 Å². The van der Waals surface area contributed by atoms with Crippen LogP contribution >= 0.6 is 0 Å². The number of carbonyl (C=O) groups excluding carboxylic acids is 1. The molecule has 1 atom stereocenters. The van der Waals surface area contributed by atoms with E-state index in [9.17, 15) is 4.79 Å². The van der Waals surface area contributed by atoms with E-state index in [1.807, 2.05) is 0 Å². The Morgan fingerprint density at radius 3 is 2.93 bits per heavy atom. The number of rotatable bonds is 3. The van der Waals surface area contributed by atoms with Gasteiger partial charge in [-0.15, -0.1) is 0 Å². The highest BCUT2D eigenvalue weighted by molar-refractivity contribution is 5.79. The van der Waals surface area contributed by atoms with Crippen molar-refractivity contribution in [3.8, 4) is 0 Å². The van der Waals surface area contributed by atoms with E-state index < -0.39 is 0 Å². The molecule has 0 bridgehead atoms. The third-order valence-electron chi connectivity index (χ3n) is 3.12. The minimum atomic E-state index is -0.0307. The SMILES string of the molecule is CCn1ccc(CC2(C)CCC(=O)N2)c1. The van der Waals surface area contributed by atoms with Crippen LogP contribution in [0.5, 0.6) is 0 Å². The maximum atomic E-state index is 11.2. The van der Waals surface area contributed by atoms with Crippen molar-refractivity contribution in [2.75, 3.05) is 0 Å². The largest absolute Gasteiger partial charge is 0.354 e. The van der Waals surface area contributed by atoms with Gasteiger partial charge in [0.2, 0.25) is 5.91 Å². The minimum absolute atomic E-state index is 0.0307. The van der Waals surface area contributed by atoms with Crippen molar-refractivity contribution in [3.05, 3.63) is 24.0 Å². The third kappa shape index (κ3) is 2.22. The number of hydrogen-bond acceptors (Lipinski definition) is 1. The first-order valence-electron chi connectivity index (χ1n) is 5.57. The van der Waals surface area contributed by atoms with Gasteiger partial charge in [0.25, 0.3) is 0 Å². The first-order valence-corrected chi connectivity index (χ1v) is 5.57. The zero-order valence-corrected chi connectivity index (χ0v) is 9.42. The highest BCUT2D eigenvalue weighted by Crippen LogP contribution is 2.24. The van der Waals surface area contributed by atoms with Gasteiger partial charge in [-0.05, 0) is 38.3 Å². The number of aryl methyl sites for hydroxylation is 1. The summed E-state index contributed by atoms with van der Waals surface area (Å²) in [7, 11) is 0. The molecule has 3 heteroatoms. The number of carbonyl (C=O) groups is 1. The molecule has 82 valence electrons. The Balaban J connectivity index is 2.05. The Morgan fingerprint density at radius 1 is 1.60 bits per heavy atom. The van der Waals surface area contributed by atoms with E-state index in [1.54, 1.807) is 0 Å². The molecule has 15 heavy (non-hydrogen) atoms. The normalized spacial score (nSPS) is 25.6. The Labute approximate surface area is 90.5 Å². The minimum Gasteiger partial charge on any atom is -0.354 e. The summed E-state index contributed by atoms with van der Waals surface area (Å²) in [6.45, 7) is 5.26. The van der Waals surface area contributed by atoms with Gasteiger partial charge in [-0.2, -0.15) is 0 Å². The van der Waals surface area contributed by atoms with Gasteiger partial charge in [0, 0.05) is 30.9 Å². The van der Waals surface area contributed by atoms with Crippen LogP contribution < -0.4 is 5.32 Å². The number of aromatic nitrogens is 1. The van der Waals surface area contributed by atoms with E-state index in [1.165, 1.54) is 5.56 Å². The van der Waals surface area contributed by atoms with Crippen molar-refractivity contribution >= 4 is 5.91 Å². The van der Waals surface area contributed by atoms with Crippen LogP contribution in [0.1, 0.15) is 32.3 Å². The highest BCUT2D eigenvalue weighted by Gasteiger charge is 2.32. The molecule has 1 saturated heterocycles. The second-order valence-electron chi connectivity index (χ2n) is 4.64. The monoisotopic (exact) mass is 206 g/mol. The Morgan fingerprint density at radius 2 is 2.40 bits per heavy atom. The lowest BCUT2D eigenvalue weighted by molar-refractivity contribution is -0.119. The lowest BCUT2D eigenvalue weighted by Gasteiger charge is -2.23. The van der Waals surface area contributed by atoms with E-state index in [0.29, 0.717) is 6.42 Å². The molecule has 0 aromatic carbocycles. The van der Waals surface area contributed by atoms with E-state index in [2.05, 4.69) is 42.2 Å². The molecule has 1 aromatic rings. The smallest absolute Gasteiger partial charge is 0.220 e. The Kier molecular flexibility index (Phi) is 2.55. The van der Waals surface area contributed by atoms with Crippen molar-refractivity contribution in [2.45, 2.75) is 45.2 Å². The molecule has 2 rings (SSSR count). The van der Waals surface area contributed by atoms with Crippen LogP contribution in [0.25, 0.3) is 0 Å². The first kappa shape index (κ1) is 10.3. The second kappa shape index (κ2) is 3.72. The lowest BCUT2D eigenvalue weighted by Crippen LogP contribution is -2.40. The van der Waals surface area contributed by atoms with Gasteiger partial charge in [0.15, 0.2) is 0 Å². The summed E-state index contributed by atoms with van der Waals surface area (Å²) in [6, 6.07) is 2.14. The molecule has 0 spiro atoms.